The van der Waals surface area contributed by atoms with Gasteiger partial charge in [0.15, 0.2) is 0 Å². The molecular weight excluding hydrogens is 348 g/mol. The molecule has 0 N–H and O–H groups in total. The van der Waals surface area contributed by atoms with Gasteiger partial charge in [-0.1, -0.05) is 54.1 Å². The predicted octanol–water partition coefficient (Wildman–Crippen LogP) is 2.58. The number of rotatable bonds is 5. The SMILES string of the molecule is C=CC1CN(Cc2ccccc2)C(=O)CN1S(=O)(=O)c1ccc(C)cc1. The molecule has 1 saturated heterocycles. The van der Waals surface area contributed by atoms with Crippen LogP contribution in [0, 0.1) is 6.92 Å². The quantitative estimate of drug-likeness (QED) is 0.760. The Kier molecular flexibility index (Phi) is 5.25. The molecule has 0 spiro atoms. The van der Waals surface area contributed by atoms with Crippen LogP contribution in [0.2, 0.25) is 0 Å². The van der Waals surface area contributed by atoms with Crippen molar-refractivity contribution in [3.05, 3.63) is 78.4 Å². The highest BCUT2D eigenvalue weighted by Crippen LogP contribution is 2.24. The van der Waals surface area contributed by atoms with Crippen LogP contribution in [0.1, 0.15) is 11.1 Å². The van der Waals surface area contributed by atoms with Crippen LogP contribution >= 0.6 is 0 Å². The second-order valence-corrected chi connectivity index (χ2v) is 8.32. The fraction of sp³-hybridized carbons (Fsp3) is 0.250. The Bertz CT molecular complexity index is 892. The van der Waals surface area contributed by atoms with Gasteiger partial charge in [0.25, 0.3) is 0 Å². The molecule has 0 saturated carbocycles. The van der Waals surface area contributed by atoms with Gasteiger partial charge in [-0.3, -0.25) is 4.79 Å². The number of carbonyl (C=O) groups excluding carboxylic acids is 1. The summed E-state index contributed by atoms with van der Waals surface area (Å²) in [5.41, 5.74) is 1.99. The molecule has 5 nitrogen and oxygen atoms in total. The van der Waals surface area contributed by atoms with E-state index in [4.69, 9.17) is 0 Å². The molecule has 2 aromatic rings. The molecular formula is C20H22N2O3S. The smallest absolute Gasteiger partial charge is 0.244 e. The topological polar surface area (TPSA) is 57.7 Å². The molecule has 0 bridgehead atoms. The lowest BCUT2D eigenvalue weighted by molar-refractivity contribution is -0.135. The maximum atomic E-state index is 13.0. The number of nitrogens with zero attached hydrogens (tertiary/aromatic N) is 2. The van der Waals surface area contributed by atoms with Gasteiger partial charge in [-0.25, -0.2) is 8.42 Å². The van der Waals surface area contributed by atoms with Crippen LogP contribution in [-0.2, 0) is 21.4 Å². The third-order valence-electron chi connectivity index (χ3n) is 4.54. The first-order valence-electron chi connectivity index (χ1n) is 8.44. The van der Waals surface area contributed by atoms with Crippen molar-refractivity contribution in [2.75, 3.05) is 13.1 Å². The summed E-state index contributed by atoms with van der Waals surface area (Å²) >= 11 is 0. The van der Waals surface area contributed by atoms with Crippen molar-refractivity contribution >= 4 is 15.9 Å². The van der Waals surface area contributed by atoms with Crippen LogP contribution in [-0.4, -0.2) is 42.7 Å². The second kappa shape index (κ2) is 7.43. The molecule has 0 aliphatic carbocycles. The van der Waals surface area contributed by atoms with Crippen molar-refractivity contribution in [1.82, 2.24) is 9.21 Å². The first-order valence-corrected chi connectivity index (χ1v) is 9.88. The zero-order valence-electron chi connectivity index (χ0n) is 14.7. The van der Waals surface area contributed by atoms with Crippen LogP contribution in [0.15, 0.2) is 72.1 Å². The Morgan fingerprint density at radius 3 is 2.38 bits per heavy atom. The van der Waals surface area contributed by atoms with Crippen LogP contribution < -0.4 is 0 Å². The van der Waals surface area contributed by atoms with Gasteiger partial charge in [-0.15, -0.1) is 6.58 Å². The first-order chi connectivity index (χ1) is 12.4. The van der Waals surface area contributed by atoms with E-state index in [1.165, 1.54) is 4.31 Å². The van der Waals surface area contributed by atoms with Gasteiger partial charge in [0.2, 0.25) is 15.9 Å². The van der Waals surface area contributed by atoms with Gasteiger partial charge in [0.1, 0.15) is 0 Å². The largest absolute Gasteiger partial charge is 0.335 e. The number of amides is 1. The summed E-state index contributed by atoms with van der Waals surface area (Å²) in [5, 5.41) is 0. The standard InChI is InChI=1S/C20H22N2O3S/c1-3-18-14-21(13-17-7-5-4-6-8-17)20(23)15-22(18)26(24,25)19-11-9-16(2)10-12-19/h3-12,18H,1,13-15H2,2H3. The molecule has 3 rings (SSSR count). The summed E-state index contributed by atoms with van der Waals surface area (Å²) in [7, 11) is -3.75. The minimum atomic E-state index is -3.75. The fourth-order valence-corrected chi connectivity index (χ4v) is 4.57. The molecule has 1 amide bonds. The zero-order valence-corrected chi connectivity index (χ0v) is 15.5. The number of hydrogen-bond acceptors (Lipinski definition) is 3. The fourth-order valence-electron chi connectivity index (χ4n) is 3.03. The molecule has 0 radical (unpaired) electrons. The van der Waals surface area contributed by atoms with Crippen LogP contribution in [0.5, 0.6) is 0 Å². The number of sulfonamides is 1. The average molecular weight is 370 g/mol. The lowest BCUT2D eigenvalue weighted by atomic mass is 10.1. The van der Waals surface area contributed by atoms with E-state index in [0.717, 1.165) is 11.1 Å². The molecule has 1 unspecified atom stereocenters. The second-order valence-electron chi connectivity index (χ2n) is 6.43. The summed E-state index contributed by atoms with van der Waals surface area (Å²) in [4.78, 5) is 14.5. The van der Waals surface area contributed by atoms with Gasteiger partial charge in [-0.05, 0) is 24.6 Å². The van der Waals surface area contributed by atoms with E-state index in [0.29, 0.717) is 13.1 Å². The van der Waals surface area contributed by atoms with E-state index in [1.54, 1.807) is 35.2 Å². The van der Waals surface area contributed by atoms with E-state index >= 15 is 0 Å². The Morgan fingerprint density at radius 1 is 1.12 bits per heavy atom. The number of hydrogen-bond donors (Lipinski definition) is 0. The molecule has 136 valence electrons. The monoisotopic (exact) mass is 370 g/mol. The van der Waals surface area contributed by atoms with Crippen molar-refractivity contribution in [1.29, 1.82) is 0 Å². The van der Waals surface area contributed by atoms with Gasteiger partial charge in [0.05, 0.1) is 17.5 Å². The highest BCUT2D eigenvalue weighted by molar-refractivity contribution is 7.89. The van der Waals surface area contributed by atoms with Crippen molar-refractivity contribution in [3.8, 4) is 0 Å². The summed E-state index contributed by atoms with van der Waals surface area (Å²) in [5.74, 6) is -0.206. The maximum Gasteiger partial charge on any atom is 0.244 e. The number of piperazine rings is 1. The molecule has 1 fully saturated rings. The minimum Gasteiger partial charge on any atom is -0.335 e. The third kappa shape index (κ3) is 3.71. The van der Waals surface area contributed by atoms with Crippen LogP contribution in [0.4, 0.5) is 0 Å². The molecule has 2 aromatic carbocycles. The Labute approximate surface area is 154 Å². The Hall–Kier alpha value is -2.44. The molecule has 6 heteroatoms. The maximum absolute atomic E-state index is 13.0. The summed E-state index contributed by atoms with van der Waals surface area (Å²) < 4.78 is 27.2. The summed E-state index contributed by atoms with van der Waals surface area (Å²) in [6.45, 7) is 6.25. The normalized spacial score (nSPS) is 18.7. The predicted molar refractivity (Wildman–Crippen MR) is 101 cm³/mol. The molecule has 1 aliphatic rings. The van der Waals surface area contributed by atoms with Gasteiger partial charge < -0.3 is 4.90 Å². The molecule has 1 aliphatic heterocycles. The highest BCUT2D eigenvalue weighted by Gasteiger charge is 2.38. The van der Waals surface area contributed by atoms with Gasteiger partial charge in [0, 0.05) is 13.1 Å². The number of benzene rings is 2. The average Bonchev–Trinajstić information content (AvgIpc) is 2.64. The van der Waals surface area contributed by atoms with E-state index < -0.39 is 16.1 Å². The molecule has 1 atom stereocenters. The lowest BCUT2D eigenvalue weighted by Crippen LogP contribution is -2.56. The van der Waals surface area contributed by atoms with Gasteiger partial charge >= 0.3 is 0 Å². The summed E-state index contributed by atoms with van der Waals surface area (Å²) in [6.07, 6.45) is 1.59. The van der Waals surface area contributed by atoms with Crippen molar-refractivity contribution < 1.29 is 13.2 Å². The van der Waals surface area contributed by atoms with Crippen LogP contribution in [0.3, 0.4) is 0 Å². The van der Waals surface area contributed by atoms with Crippen molar-refractivity contribution in [3.63, 3.8) is 0 Å². The van der Waals surface area contributed by atoms with E-state index in [2.05, 4.69) is 6.58 Å². The van der Waals surface area contributed by atoms with Crippen LogP contribution in [0.25, 0.3) is 0 Å². The van der Waals surface area contributed by atoms with E-state index in [-0.39, 0.29) is 17.3 Å². The first kappa shape index (κ1) is 18.4. The van der Waals surface area contributed by atoms with Gasteiger partial charge in [-0.2, -0.15) is 4.31 Å². The van der Waals surface area contributed by atoms with Crippen molar-refractivity contribution in [2.24, 2.45) is 0 Å². The lowest BCUT2D eigenvalue weighted by Gasteiger charge is -2.38. The van der Waals surface area contributed by atoms with E-state index in [1.807, 2.05) is 37.3 Å². The zero-order chi connectivity index (χ0) is 18.7. The number of carbonyl (C=O) groups is 1. The Balaban J connectivity index is 1.83. The molecule has 1 heterocycles. The minimum absolute atomic E-state index is 0.181. The van der Waals surface area contributed by atoms with E-state index in [9.17, 15) is 13.2 Å². The number of aryl methyl sites for hydroxylation is 1. The highest BCUT2D eigenvalue weighted by atomic mass is 32.2. The third-order valence-corrected chi connectivity index (χ3v) is 6.42. The van der Waals surface area contributed by atoms with Crippen molar-refractivity contribution in [2.45, 2.75) is 24.4 Å². The molecule has 0 aromatic heterocycles. The molecule has 26 heavy (non-hydrogen) atoms. The Morgan fingerprint density at radius 2 is 1.77 bits per heavy atom. The summed E-state index contributed by atoms with van der Waals surface area (Å²) in [6, 6.07) is 15.9.